The molecule has 0 bridgehead atoms. The fourth-order valence-electron chi connectivity index (χ4n) is 1.83. The first-order valence-corrected chi connectivity index (χ1v) is 8.19. The molecular formula is C12H15N3O2S2. The van der Waals surface area contributed by atoms with Crippen LogP contribution in [0.2, 0.25) is 0 Å². The molecular weight excluding hydrogens is 282 g/mol. The van der Waals surface area contributed by atoms with Crippen LogP contribution in [0.5, 0.6) is 0 Å². The minimum atomic E-state index is -3.22. The largest absolute Gasteiger partial charge is 0.300 e. The highest BCUT2D eigenvalue weighted by Crippen LogP contribution is 2.21. The van der Waals surface area contributed by atoms with Crippen molar-refractivity contribution in [3.63, 3.8) is 0 Å². The Bertz CT molecular complexity index is 744. The topological polar surface area (TPSA) is 67.8 Å². The average molecular weight is 297 g/mol. The second kappa shape index (κ2) is 5.26. The molecule has 0 aliphatic carbocycles. The molecule has 0 saturated heterocycles. The fraction of sp³-hybridized carbons (Fsp3) is 0.333. The number of H-pyrrole nitrogens is 1. The van der Waals surface area contributed by atoms with Crippen LogP contribution in [-0.4, -0.2) is 29.4 Å². The zero-order valence-electron chi connectivity index (χ0n) is 10.8. The SMILES string of the molecule is CCCn1c(-c2cccc(S(C)(=O)=O)c2)n[nH]c1=S. The van der Waals surface area contributed by atoms with Crippen LogP contribution < -0.4 is 0 Å². The van der Waals surface area contributed by atoms with E-state index in [-0.39, 0.29) is 4.90 Å². The molecule has 0 unspecified atom stereocenters. The van der Waals surface area contributed by atoms with Crippen molar-refractivity contribution in [1.82, 2.24) is 14.8 Å². The van der Waals surface area contributed by atoms with Gasteiger partial charge in [-0.2, -0.15) is 5.10 Å². The number of nitrogens with one attached hydrogen (secondary N) is 1. The quantitative estimate of drug-likeness (QED) is 0.880. The summed E-state index contributed by atoms with van der Waals surface area (Å²) in [6.45, 7) is 2.79. The van der Waals surface area contributed by atoms with Crippen molar-refractivity contribution in [3.8, 4) is 11.4 Å². The van der Waals surface area contributed by atoms with Crippen molar-refractivity contribution < 1.29 is 8.42 Å². The first-order chi connectivity index (χ1) is 8.93. The predicted molar refractivity (Wildman–Crippen MR) is 76.2 cm³/mol. The lowest BCUT2D eigenvalue weighted by Crippen LogP contribution is -2.01. The monoisotopic (exact) mass is 297 g/mol. The molecule has 0 amide bonds. The number of benzene rings is 1. The van der Waals surface area contributed by atoms with Crippen LogP contribution in [0.15, 0.2) is 29.2 Å². The van der Waals surface area contributed by atoms with Gasteiger partial charge in [0, 0.05) is 18.4 Å². The fourth-order valence-corrected chi connectivity index (χ4v) is 2.73. The van der Waals surface area contributed by atoms with E-state index in [1.807, 2.05) is 17.6 Å². The highest BCUT2D eigenvalue weighted by atomic mass is 32.2. The van der Waals surface area contributed by atoms with Gasteiger partial charge in [-0.25, -0.2) is 8.42 Å². The van der Waals surface area contributed by atoms with Gasteiger partial charge in [0.15, 0.2) is 20.4 Å². The van der Waals surface area contributed by atoms with E-state index in [9.17, 15) is 8.42 Å². The lowest BCUT2D eigenvalue weighted by molar-refractivity contribution is 0.602. The third kappa shape index (κ3) is 2.93. The van der Waals surface area contributed by atoms with Crippen molar-refractivity contribution in [2.24, 2.45) is 0 Å². The molecule has 102 valence electrons. The van der Waals surface area contributed by atoms with Gasteiger partial charge in [-0.3, -0.25) is 5.10 Å². The highest BCUT2D eigenvalue weighted by Gasteiger charge is 2.12. The number of rotatable bonds is 4. The van der Waals surface area contributed by atoms with Gasteiger partial charge in [-0.15, -0.1) is 0 Å². The van der Waals surface area contributed by atoms with E-state index in [4.69, 9.17) is 12.2 Å². The van der Waals surface area contributed by atoms with Crippen LogP contribution >= 0.6 is 12.2 Å². The summed E-state index contributed by atoms with van der Waals surface area (Å²) in [5, 5.41) is 6.92. The van der Waals surface area contributed by atoms with E-state index in [2.05, 4.69) is 10.2 Å². The normalized spacial score (nSPS) is 11.7. The first kappa shape index (κ1) is 14.0. The maximum Gasteiger partial charge on any atom is 0.195 e. The highest BCUT2D eigenvalue weighted by molar-refractivity contribution is 7.90. The Morgan fingerprint density at radius 3 is 2.79 bits per heavy atom. The lowest BCUT2D eigenvalue weighted by Gasteiger charge is -2.06. The molecule has 5 nitrogen and oxygen atoms in total. The Morgan fingerprint density at radius 2 is 2.16 bits per heavy atom. The van der Waals surface area contributed by atoms with Gasteiger partial charge in [-0.1, -0.05) is 19.1 Å². The molecule has 0 saturated carbocycles. The number of sulfone groups is 1. The van der Waals surface area contributed by atoms with Crippen LogP contribution in [0.1, 0.15) is 13.3 Å². The first-order valence-electron chi connectivity index (χ1n) is 5.89. The van der Waals surface area contributed by atoms with Crippen LogP contribution in [0.25, 0.3) is 11.4 Å². The molecule has 0 spiro atoms. The van der Waals surface area contributed by atoms with E-state index >= 15 is 0 Å². The molecule has 2 rings (SSSR count). The maximum atomic E-state index is 11.6. The number of hydrogen-bond acceptors (Lipinski definition) is 4. The van der Waals surface area contributed by atoms with Crippen molar-refractivity contribution in [2.45, 2.75) is 24.8 Å². The predicted octanol–water partition coefficient (Wildman–Crippen LogP) is 2.42. The summed E-state index contributed by atoms with van der Waals surface area (Å²) in [7, 11) is -3.22. The van der Waals surface area contributed by atoms with E-state index in [0.29, 0.717) is 10.6 Å². The Morgan fingerprint density at radius 1 is 1.42 bits per heavy atom. The number of aromatic amines is 1. The molecule has 0 aliphatic heterocycles. The molecule has 7 heteroatoms. The molecule has 0 atom stereocenters. The lowest BCUT2D eigenvalue weighted by atomic mass is 10.2. The van der Waals surface area contributed by atoms with Crippen LogP contribution in [0.3, 0.4) is 0 Å². The summed E-state index contributed by atoms with van der Waals surface area (Å²) in [5.74, 6) is 0.664. The van der Waals surface area contributed by atoms with Crippen molar-refractivity contribution in [3.05, 3.63) is 29.0 Å². The third-order valence-corrected chi connectivity index (χ3v) is 4.15. The molecule has 1 aromatic carbocycles. The average Bonchev–Trinajstić information content (AvgIpc) is 2.71. The van der Waals surface area contributed by atoms with E-state index in [1.54, 1.807) is 18.2 Å². The minimum Gasteiger partial charge on any atom is -0.300 e. The van der Waals surface area contributed by atoms with Crippen LogP contribution in [-0.2, 0) is 16.4 Å². The third-order valence-electron chi connectivity index (χ3n) is 2.73. The van der Waals surface area contributed by atoms with Gasteiger partial charge in [0.25, 0.3) is 0 Å². The van der Waals surface area contributed by atoms with E-state index in [1.165, 1.54) is 6.26 Å². The molecule has 1 aromatic heterocycles. The van der Waals surface area contributed by atoms with Gasteiger partial charge in [0.05, 0.1) is 4.90 Å². The van der Waals surface area contributed by atoms with Crippen LogP contribution in [0, 0.1) is 4.77 Å². The standard InChI is InChI=1S/C12H15N3O2S2/c1-3-7-15-11(13-14-12(15)18)9-5-4-6-10(8-9)19(2,16)17/h4-6,8H,3,7H2,1-2H3,(H,14,18). The number of aromatic nitrogens is 3. The molecule has 1 N–H and O–H groups in total. The van der Waals surface area contributed by atoms with Crippen molar-refractivity contribution in [1.29, 1.82) is 0 Å². The van der Waals surface area contributed by atoms with Gasteiger partial charge >= 0.3 is 0 Å². The summed E-state index contributed by atoms with van der Waals surface area (Å²) >= 11 is 5.17. The molecule has 0 radical (unpaired) electrons. The Balaban J connectivity index is 2.57. The van der Waals surface area contributed by atoms with Crippen LogP contribution in [0.4, 0.5) is 0 Å². The van der Waals surface area contributed by atoms with Gasteiger partial charge < -0.3 is 4.57 Å². The zero-order valence-corrected chi connectivity index (χ0v) is 12.4. The number of hydrogen-bond donors (Lipinski definition) is 1. The zero-order chi connectivity index (χ0) is 14.0. The molecule has 2 aromatic rings. The smallest absolute Gasteiger partial charge is 0.195 e. The summed E-state index contributed by atoms with van der Waals surface area (Å²) < 4.78 is 25.6. The second-order valence-corrected chi connectivity index (χ2v) is 6.71. The second-order valence-electron chi connectivity index (χ2n) is 4.30. The minimum absolute atomic E-state index is 0.280. The van der Waals surface area contributed by atoms with E-state index in [0.717, 1.165) is 18.5 Å². The van der Waals surface area contributed by atoms with Gasteiger partial charge in [0.1, 0.15) is 0 Å². The van der Waals surface area contributed by atoms with Gasteiger partial charge in [-0.05, 0) is 30.8 Å². The summed E-state index contributed by atoms with van der Waals surface area (Å²) in [6.07, 6.45) is 2.11. The van der Waals surface area contributed by atoms with E-state index < -0.39 is 9.84 Å². The molecule has 1 heterocycles. The van der Waals surface area contributed by atoms with Gasteiger partial charge in [0.2, 0.25) is 0 Å². The molecule has 0 aliphatic rings. The molecule has 19 heavy (non-hydrogen) atoms. The summed E-state index contributed by atoms with van der Waals surface area (Å²) in [6, 6.07) is 6.72. The Kier molecular flexibility index (Phi) is 3.86. The number of nitrogens with zero attached hydrogens (tertiary/aromatic N) is 2. The summed E-state index contributed by atoms with van der Waals surface area (Å²) in [5.41, 5.74) is 0.740. The Labute approximate surface area is 117 Å². The molecule has 0 fully saturated rings. The van der Waals surface area contributed by atoms with Crippen molar-refractivity contribution >= 4 is 22.1 Å². The van der Waals surface area contributed by atoms with Crippen molar-refractivity contribution in [2.75, 3.05) is 6.26 Å². The Hall–Kier alpha value is -1.47. The maximum absolute atomic E-state index is 11.6. The summed E-state index contributed by atoms with van der Waals surface area (Å²) in [4.78, 5) is 0.280.